The summed E-state index contributed by atoms with van der Waals surface area (Å²) in [5.41, 5.74) is 4.77. The molecule has 214 valence electrons. The molecule has 0 spiro atoms. The molecule has 0 saturated carbocycles. The Balaban J connectivity index is 0.000000587. The number of nitrogens with one attached hydrogen (secondary N) is 1. The van der Waals surface area contributed by atoms with Crippen molar-refractivity contribution in [3.05, 3.63) is 108 Å². The van der Waals surface area contributed by atoms with Gasteiger partial charge in [0.2, 0.25) is 0 Å². The van der Waals surface area contributed by atoms with Crippen molar-refractivity contribution in [2.45, 2.75) is 44.5 Å². The van der Waals surface area contributed by atoms with Gasteiger partial charge in [-0.25, -0.2) is 4.79 Å². The van der Waals surface area contributed by atoms with Crippen molar-refractivity contribution in [3.63, 3.8) is 0 Å². The number of aryl methyl sites for hydroxylation is 1. The first-order chi connectivity index (χ1) is 20.0. The first-order valence-corrected chi connectivity index (χ1v) is 14.7. The van der Waals surface area contributed by atoms with E-state index < -0.39 is 0 Å². The minimum absolute atomic E-state index is 0.189. The molecule has 0 radical (unpaired) electrons. The normalized spacial score (nSPS) is 11.1. The number of hydrogen-bond donors (Lipinski definition) is 2. The molecule has 1 aromatic heterocycles. The fourth-order valence-electron chi connectivity index (χ4n) is 4.64. The average molecular weight is 570 g/mol. The molecule has 7 heteroatoms. The van der Waals surface area contributed by atoms with Crippen LogP contribution in [0.1, 0.15) is 42.4 Å². The van der Waals surface area contributed by atoms with E-state index in [0.717, 1.165) is 32.6 Å². The third kappa shape index (κ3) is 7.78. The number of fused-ring (bicyclic) bond motifs is 1. The Bertz CT molecular complexity index is 1490. The Morgan fingerprint density at radius 1 is 1.10 bits per heavy atom. The molecular formula is C34H39N3O3S. The van der Waals surface area contributed by atoms with E-state index in [4.69, 9.17) is 4.74 Å². The topological polar surface area (TPSA) is 75.8 Å². The van der Waals surface area contributed by atoms with Crippen molar-refractivity contribution in [3.8, 4) is 16.9 Å². The van der Waals surface area contributed by atoms with Crippen LogP contribution in [0, 0.1) is 0 Å². The van der Waals surface area contributed by atoms with Crippen LogP contribution in [0.5, 0.6) is 5.75 Å². The van der Waals surface area contributed by atoms with E-state index >= 15 is 0 Å². The Hall–Kier alpha value is -4.07. The van der Waals surface area contributed by atoms with Crippen molar-refractivity contribution in [2.24, 2.45) is 4.99 Å². The number of benzene rings is 3. The minimum atomic E-state index is -0.354. The maximum Gasteiger partial charge on any atom is 0.340 e. The molecule has 0 aliphatic carbocycles. The number of phenolic OH excluding ortho intramolecular Hbond substituents is 1. The molecule has 0 aliphatic rings. The molecule has 0 amide bonds. The molecule has 6 nitrogen and oxygen atoms in total. The number of aromatic nitrogens is 1. The number of carbonyl (C=O) groups excluding carboxylic acids is 1. The maximum absolute atomic E-state index is 13.3. The number of rotatable bonds is 11. The number of aromatic hydroxyl groups is 1. The highest BCUT2D eigenvalue weighted by Gasteiger charge is 2.28. The Morgan fingerprint density at radius 2 is 1.78 bits per heavy atom. The van der Waals surface area contributed by atoms with Crippen molar-refractivity contribution >= 4 is 35.4 Å². The van der Waals surface area contributed by atoms with Gasteiger partial charge in [-0.3, -0.25) is 4.99 Å². The fraction of sp³-hybridized carbons (Fsp3) is 0.235. The lowest BCUT2D eigenvalue weighted by Gasteiger charge is -2.14. The zero-order valence-corrected chi connectivity index (χ0v) is 25.1. The summed E-state index contributed by atoms with van der Waals surface area (Å²) in [6, 6.07) is 22.0. The molecule has 3 aromatic carbocycles. The summed E-state index contributed by atoms with van der Waals surface area (Å²) in [6.45, 7) is 10.5. The van der Waals surface area contributed by atoms with Crippen LogP contribution in [0.15, 0.2) is 101 Å². The number of esters is 1. The third-order valence-corrected chi connectivity index (χ3v) is 7.41. The van der Waals surface area contributed by atoms with E-state index in [-0.39, 0.29) is 11.7 Å². The summed E-state index contributed by atoms with van der Waals surface area (Å²) in [6.07, 6.45) is 7.30. The van der Waals surface area contributed by atoms with Gasteiger partial charge in [0.1, 0.15) is 5.75 Å². The smallest absolute Gasteiger partial charge is 0.340 e. The van der Waals surface area contributed by atoms with Gasteiger partial charge in [0.15, 0.2) is 0 Å². The largest absolute Gasteiger partial charge is 0.507 e. The van der Waals surface area contributed by atoms with E-state index in [1.165, 1.54) is 0 Å². The first kappa shape index (κ1) is 31.5. The number of allylic oxidation sites excluding steroid dienone is 3. The van der Waals surface area contributed by atoms with Crippen LogP contribution in [-0.4, -0.2) is 36.0 Å². The Labute approximate surface area is 247 Å². The summed E-state index contributed by atoms with van der Waals surface area (Å²) >= 11 is 1.69. The van der Waals surface area contributed by atoms with Gasteiger partial charge in [-0.2, -0.15) is 0 Å². The quantitative estimate of drug-likeness (QED) is 0.0828. The molecule has 1 heterocycles. The van der Waals surface area contributed by atoms with Gasteiger partial charge in [-0.1, -0.05) is 60.7 Å². The number of carbonyl (C=O) groups is 1. The second kappa shape index (κ2) is 16.3. The van der Waals surface area contributed by atoms with Gasteiger partial charge in [-0.05, 0) is 64.4 Å². The summed E-state index contributed by atoms with van der Waals surface area (Å²) in [5, 5.41) is 15.3. The van der Waals surface area contributed by atoms with Crippen LogP contribution >= 0.6 is 11.8 Å². The molecule has 0 bridgehead atoms. The highest BCUT2D eigenvalue weighted by molar-refractivity contribution is 7.98. The van der Waals surface area contributed by atoms with Gasteiger partial charge in [0, 0.05) is 52.1 Å². The van der Waals surface area contributed by atoms with Crippen LogP contribution in [-0.2, 0) is 23.6 Å². The Morgan fingerprint density at radius 3 is 2.37 bits per heavy atom. The number of phenols is 1. The molecule has 0 fully saturated rings. The maximum atomic E-state index is 13.3. The molecule has 0 unspecified atom stereocenters. The molecule has 0 saturated heterocycles. The van der Waals surface area contributed by atoms with Crippen LogP contribution in [0.25, 0.3) is 22.0 Å². The van der Waals surface area contributed by atoms with Crippen molar-refractivity contribution < 1.29 is 14.6 Å². The zero-order valence-electron chi connectivity index (χ0n) is 24.3. The number of aliphatic imine (C=N–C) groups is 1. The second-order valence-electron chi connectivity index (χ2n) is 8.98. The van der Waals surface area contributed by atoms with Crippen molar-refractivity contribution in [2.75, 3.05) is 13.7 Å². The lowest BCUT2D eigenvalue weighted by molar-refractivity contribution is 0.0527. The van der Waals surface area contributed by atoms with Crippen molar-refractivity contribution in [1.82, 2.24) is 9.88 Å². The Kier molecular flexibility index (Phi) is 12.5. The van der Waals surface area contributed by atoms with Crippen LogP contribution in [0.3, 0.4) is 0 Å². The highest BCUT2D eigenvalue weighted by atomic mass is 32.2. The predicted molar refractivity (Wildman–Crippen MR) is 173 cm³/mol. The van der Waals surface area contributed by atoms with E-state index in [1.54, 1.807) is 18.0 Å². The molecule has 0 atom stereocenters. The summed E-state index contributed by atoms with van der Waals surface area (Å²) in [4.78, 5) is 17.9. The van der Waals surface area contributed by atoms with E-state index in [9.17, 15) is 9.90 Å². The predicted octanol–water partition coefficient (Wildman–Crippen LogP) is 8.00. The van der Waals surface area contributed by atoms with Gasteiger partial charge in [-0.15, -0.1) is 11.8 Å². The molecule has 2 N–H and O–H groups in total. The fourth-order valence-corrected chi connectivity index (χ4v) is 5.59. The lowest BCUT2D eigenvalue weighted by Crippen LogP contribution is -2.11. The number of ether oxygens (including phenoxy) is 1. The lowest BCUT2D eigenvalue weighted by atomic mass is 9.96. The monoisotopic (exact) mass is 569 g/mol. The minimum Gasteiger partial charge on any atom is -0.507 e. The molecule has 0 aliphatic heterocycles. The summed E-state index contributed by atoms with van der Waals surface area (Å²) in [7, 11) is 1.84. The average Bonchev–Trinajstić information content (AvgIpc) is 3.32. The molecule has 41 heavy (non-hydrogen) atoms. The first-order valence-electron chi connectivity index (χ1n) is 13.7. The van der Waals surface area contributed by atoms with Crippen LogP contribution in [0.2, 0.25) is 0 Å². The number of hydrogen-bond acceptors (Lipinski definition) is 6. The van der Waals surface area contributed by atoms with Gasteiger partial charge in [0.25, 0.3) is 0 Å². The SMILES string of the molecule is C=N/C=C\C=C/C.CCOC(=O)c1c(CSc2ccccc2)n(CC)c2cc(-c3ccccc3)c(O)c(CNC)c12. The third-order valence-electron chi connectivity index (χ3n) is 6.38. The number of nitrogens with zero attached hydrogens (tertiary/aromatic N) is 2. The van der Waals surface area contributed by atoms with Gasteiger partial charge >= 0.3 is 5.97 Å². The molecule has 4 aromatic rings. The molecular weight excluding hydrogens is 530 g/mol. The van der Waals surface area contributed by atoms with E-state index in [0.29, 0.717) is 36.6 Å². The van der Waals surface area contributed by atoms with Crippen LogP contribution < -0.4 is 5.32 Å². The second-order valence-corrected chi connectivity index (χ2v) is 10.0. The van der Waals surface area contributed by atoms with Crippen LogP contribution in [0.4, 0.5) is 0 Å². The summed E-state index contributed by atoms with van der Waals surface area (Å²) in [5.74, 6) is 0.447. The number of thioether (sulfide) groups is 1. The van der Waals surface area contributed by atoms with Gasteiger partial charge in [0.05, 0.1) is 17.7 Å². The summed E-state index contributed by atoms with van der Waals surface area (Å²) < 4.78 is 7.69. The molecule has 4 rings (SSSR count). The van der Waals surface area contributed by atoms with Crippen molar-refractivity contribution in [1.29, 1.82) is 0 Å². The highest BCUT2D eigenvalue weighted by Crippen LogP contribution is 2.42. The van der Waals surface area contributed by atoms with Gasteiger partial charge < -0.3 is 19.7 Å². The van der Waals surface area contributed by atoms with E-state index in [1.807, 2.05) is 93.7 Å². The zero-order chi connectivity index (χ0) is 29.6. The standard InChI is InChI=1S/C28H30N2O3S.C6H9N/c1-4-30-23-16-21(19-12-8-6-9-13-19)27(31)22(17-29-3)25(23)26(28(32)33-5-2)24(30)18-34-20-14-10-7-11-15-20;1-3-4-5-6-7-2/h6-16,29,31H,4-5,17-18H2,1-3H3;3-6H,2H2,1H3/b;4-3-,6-5-. The van der Waals surface area contributed by atoms with E-state index in [2.05, 4.69) is 40.7 Å².